The van der Waals surface area contributed by atoms with Crippen LogP contribution in [0.4, 0.5) is 4.39 Å². The van der Waals surface area contributed by atoms with Gasteiger partial charge in [-0.05, 0) is 41.0 Å². The van der Waals surface area contributed by atoms with E-state index in [1.807, 2.05) is 54.6 Å². The van der Waals surface area contributed by atoms with Crippen LogP contribution in [-0.2, 0) is 29.1 Å². The SMILES string of the molecule is CCC(=O)N(Cc1ccc(F)cc1)[C@H](Cc1ccccc1)C(=O)NCc1ccc(OC)cc1. The molecule has 1 N–H and O–H groups in total. The molecular weight excluding hydrogens is 419 g/mol. The molecule has 0 aliphatic heterocycles. The fraction of sp³-hybridized carbons (Fsp3) is 0.259. The van der Waals surface area contributed by atoms with Crippen LogP contribution in [0, 0.1) is 5.82 Å². The van der Waals surface area contributed by atoms with Crippen LogP contribution in [0.15, 0.2) is 78.9 Å². The first-order valence-electron chi connectivity index (χ1n) is 11.0. The highest BCUT2D eigenvalue weighted by molar-refractivity contribution is 5.88. The zero-order chi connectivity index (χ0) is 23.6. The summed E-state index contributed by atoms with van der Waals surface area (Å²) < 4.78 is 18.6. The van der Waals surface area contributed by atoms with Gasteiger partial charge >= 0.3 is 0 Å². The van der Waals surface area contributed by atoms with E-state index >= 15 is 0 Å². The molecule has 1 atom stereocenters. The maximum Gasteiger partial charge on any atom is 0.243 e. The van der Waals surface area contributed by atoms with Gasteiger partial charge in [0.15, 0.2) is 0 Å². The molecule has 3 rings (SSSR count). The number of rotatable bonds is 10. The predicted octanol–water partition coefficient (Wildman–Crippen LogP) is 4.50. The Morgan fingerprint density at radius 1 is 0.909 bits per heavy atom. The lowest BCUT2D eigenvalue weighted by molar-refractivity contribution is -0.141. The van der Waals surface area contributed by atoms with Crippen LogP contribution in [0.2, 0.25) is 0 Å². The van der Waals surface area contributed by atoms with Gasteiger partial charge in [0.25, 0.3) is 0 Å². The molecule has 0 radical (unpaired) electrons. The molecule has 0 aromatic heterocycles. The molecule has 0 aliphatic carbocycles. The number of nitrogens with one attached hydrogen (secondary N) is 1. The van der Waals surface area contributed by atoms with E-state index in [0.29, 0.717) is 13.0 Å². The van der Waals surface area contributed by atoms with Crippen molar-refractivity contribution in [1.82, 2.24) is 10.2 Å². The monoisotopic (exact) mass is 448 g/mol. The van der Waals surface area contributed by atoms with Crippen molar-refractivity contribution >= 4 is 11.8 Å². The van der Waals surface area contributed by atoms with Gasteiger partial charge in [-0.15, -0.1) is 0 Å². The van der Waals surface area contributed by atoms with E-state index < -0.39 is 6.04 Å². The normalized spacial score (nSPS) is 11.5. The number of ether oxygens (including phenoxy) is 1. The number of methoxy groups -OCH3 is 1. The second-order valence-electron chi connectivity index (χ2n) is 7.77. The number of benzene rings is 3. The van der Waals surface area contributed by atoms with Crippen molar-refractivity contribution in [3.05, 3.63) is 101 Å². The Balaban J connectivity index is 1.83. The second-order valence-corrected chi connectivity index (χ2v) is 7.77. The topological polar surface area (TPSA) is 58.6 Å². The Hall–Kier alpha value is -3.67. The number of hydrogen-bond acceptors (Lipinski definition) is 3. The van der Waals surface area contributed by atoms with E-state index in [9.17, 15) is 14.0 Å². The third kappa shape index (κ3) is 6.91. The molecule has 2 amide bonds. The highest BCUT2D eigenvalue weighted by Crippen LogP contribution is 2.17. The van der Waals surface area contributed by atoms with Crippen LogP contribution in [0.25, 0.3) is 0 Å². The minimum Gasteiger partial charge on any atom is -0.497 e. The highest BCUT2D eigenvalue weighted by atomic mass is 19.1. The van der Waals surface area contributed by atoms with Crippen molar-refractivity contribution in [2.75, 3.05) is 7.11 Å². The van der Waals surface area contributed by atoms with Crippen molar-refractivity contribution in [1.29, 1.82) is 0 Å². The molecule has 0 saturated carbocycles. The van der Waals surface area contributed by atoms with Crippen molar-refractivity contribution in [2.45, 2.75) is 38.9 Å². The van der Waals surface area contributed by atoms with E-state index in [4.69, 9.17) is 4.74 Å². The van der Waals surface area contributed by atoms with Crippen molar-refractivity contribution in [2.24, 2.45) is 0 Å². The minimum absolute atomic E-state index is 0.139. The van der Waals surface area contributed by atoms with Crippen LogP contribution in [0.1, 0.15) is 30.0 Å². The Morgan fingerprint density at radius 2 is 1.55 bits per heavy atom. The lowest BCUT2D eigenvalue weighted by Gasteiger charge is -2.31. The lowest BCUT2D eigenvalue weighted by Crippen LogP contribution is -2.50. The molecule has 172 valence electrons. The summed E-state index contributed by atoms with van der Waals surface area (Å²) in [5, 5.41) is 2.98. The van der Waals surface area contributed by atoms with Gasteiger partial charge in [0, 0.05) is 25.9 Å². The molecule has 3 aromatic rings. The summed E-state index contributed by atoms with van der Waals surface area (Å²) >= 11 is 0. The lowest BCUT2D eigenvalue weighted by atomic mass is 10.0. The summed E-state index contributed by atoms with van der Waals surface area (Å²) in [6.45, 7) is 2.33. The number of carbonyl (C=O) groups is 2. The van der Waals surface area contributed by atoms with Gasteiger partial charge in [0.05, 0.1) is 7.11 Å². The first-order chi connectivity index (χ1) is 16.0. The maximum absolute atomic E-state index is 13.4. The minimum atomic E-state index is -0.705. The Bertz CT molecular complexity index is 1040. The molecule has 5 nitrogen and oxygen atoms in total. The molecular formula is C27H29FN2O3. The first-order valence-corrected chi connectivity index (χ1v) is 11.0. The van der Waals surface area contributed by atoms with Crippen LogP contribution in [0.3, 0.4) is 0 Å². The van der Waals surface area contributed by atoms with E-state index in [1.54, 1.807) is 31.1 Å². The largest absolute Gasteiger partial charge is 0.497 e. The molecule has 0 saturated heterocycles. The summed E-state index contributed by atoms with van der Waals surface area (Å²) in [4.78, 5) is 27.9. The molecule has 33 heavy (non-hydrogen) atoms. The standard InChI is InChI=1S/C27H29FN2O3/c1-3-26(31)30(19-22-9-13-23(28)14-10-22)25(17-20-7-5-4-6-8-20)27(32)29-18-21-11-15-24(33-2)16-12-21/h4-16,25H,3,17-19H2,1-2H3,(H,29,32)/t25-/m1/s1. The molecule has 0 heterocycles. The van der Waals surface area contributed by atoms with Gasteiger partial charge in [-0.2, -0.15) is 0 Å². The molecule has 0 spiro atoms. The quantitative estimate of drug-likeness (QED) is 0.497. The summed E-state index contributed by atoms with van der Waals surface area (Å²) in [6, 6.07) is 22.4. The maximum atomic E-state index is 13.4. The second kappa shape index (κ2) is 11.8. The number of carbonyl (C=O) groups excluding carboxylic acids is 2. The Kier molecular flexibility index (Phi) is 8.58. The molecule has 0 unspecified atom stereocenters. The molecule has 0 bridgehead atoms. The number of hydrogen-bond donors (Lipinski definition) is 1. The molecule has 3 aromatic carbocycles. The first kappa shape index (κ1) is 24.0. The average molecular weight is 449 g/mol. The third-order valence-corrected chi connectivity index (χ3v) is 5.47. The van der Waals surface area contributed by atoms with Crippen molar-refractivity contribution < 1.29 is 18.7 Å². The fourth-order valence-corrected chi connectivity index (χ4v) is 3.59. The summed E-state index contributed by atoms with van der Waals surface area (Å²) in [6.07, 6.45) is 0.639. The summed E-state index contributed by atoms with van der Waals surface area (Å²) in [5.41, 5.74) is 2.64. The summed E-state index contributed by atoms with van der Waals surface area (Å²) in [7, 11) is 1.60. The zero-order valence-electron chi connectivity index (χ0n) is 19.0. The van der Waals surface area contributed by atoms with Gasteiger partial charge < -0.3 is 15.0 Å². The average Bonchev–Trinajstić information content (AvgIpc) is 2.86. The van der Waals surface area contributed by atoms with Gasteiger partial charge in [0.2, 0.25) is 11.8 Å². The van der Waals surface area contributed by atoms with Crippen LogP contribution in [-0.4, -0.2) is 29.9 Å². The fourth-order valence-electron chi connectivity index (χ4n) is 3.59. The highest BCUT2D eigenvalue weighted by Gasteiger charge is 2.29. The van der Waals surface area contributed by atoms with Gasteiger partial charge in [0.1, 0.15) is 17.6 Å². The number of halogens is 1. The van der Waals surface area contributed by atoms with E-state index in [1.165, 1.54) is 12.1 Å². The van der Waals surface area contributed by atoms with E-state index in [2.05, 4.69) is 5.32 Å². The van der Waals surface area contributed by atoms with Crippen LogP contribution < -0.4 is 10.1 Å². The predicted molar refractivity (Wildman–Crippen MR) is 126 cm³/mol. The third-order valence-electron chi connectivity index (χ3n) is 5.47. The van der Waals surface area contributed by atoms with Gasteiger partial charge in [-0.1, -0.05) is 61.5 Å². The van der Waals surface area contributed by atoms with Gasteiger partial charge in [-0.3, -0.25) is 9.59 Å². The van der Waals surface area contributed by atoms with Crippen LogP contribution in [0.5, 0.6) is 5.75 Å². The van der Waals surface area contributed by atoms with E-state index in [0.717, 1.165) is 22.4 Å². The van der Waals surface area contributed by atoms with Crippen molar-refractivity contribution in [3.63, 3.8) is 0 Å². The number of nitrogens with zero attached hydrogens (tertiary/aromatic N) is 1. The Morgan fingerprint density at radius 3 is 2.15 bits per heavy atom. The Labute approximate surface area is 194 Å². The van der Waals surface area contributed by atoms with Crippen LogP contribution >= 0.6 is 0 Å². The summed E-state index contributed by atoms with van der Waals surface area (Å²) in [5.74, 6) is 0.0228. The van der Waals surface area contributed by atoms with Gasteiger partial charge in [-0.25, -0.2) is 4.39 Å². The zero-order valence-corrected chi connectivity index (χ0v) is 19.0. The number of amides is 2. The molecule has 0 fully saturated rings. The van der Waals surface area contributed by atoms with E-state index in [-0.39, 0.29) is 30.6 Å². The smallest absolute Gasteiger partial charge is 0.243 e. The molecule has 6 heteroatoms. The van der Waals surface area contributed by atoms with Crippen molar-refractivity contribution in [3.8, 4) is 5.75 Å². The molecule has 0 aliphatic rings.